The molecule has 27 heavy (non-hydrogen) atoms. The molecule has 0 aromatic heterocycles. The van der Waals surface area contributed by atoms with Gasteiger partial charge in [0.1, 0.15) is 5.54 Å². The Balaban J connectivity index is 1.52. The Bertz CT molecular complexity index is 858. The average molecular weight is 370 g/mol. The van der Waals surface area contributed by atoms with Gasteiger partial charge in [-0.25, -0.2) is 4.79 Å². The van der Waals surface area contributed by atoms with Crippen LogP contribution in [0.5, 0.6) is 0 Å². The van der Waals surface area contributed by atoms with E-state index in [1.54, 1.807) is 12.1 Å². The molecule has 3 N–H and O–H groups in total. The lowest BCUT2D eigenvalue weighted by atomic mass is 9.90. The molecule has 7 nitrogen and oxygen atoms in total. The van der Waals surface area contributed by atoms with Crippen LogP contribution in [-0.2, 0) is 14.3 Å². The van der Waals surface area contributed by atoms with Crippen molar-refractivity contribution >= 4 is 28.6 Å². The Morgan fingerprint density at radius 1 is 1.04 bits per heavy atom. The number of benzene rings is 2. The standard InChI is InChI=1S/C20H22N2O5/c23-17(22-20(19(25)26)8-11-27-12-9-20)7-10-21-18(24)16-6-5-14-3-1-2-4-15(14)13-16/h1-6,13H,7-12H2,(H,21,24)(H,22,23)(H,25,26). The lowest BCUT2D eigenvalue weighted by molar-refractivity contribution is -0.152. The molecule has 7 heteroatoms. The van der Waals surface area contributed by atoms with Crippen molar-refractivity contribution in [3.63, 3.8) is 0 Å². The fourth-order valence-electron chi connectivity index (χ4n) is 3.16. The third kappa shape index (κ3) is 4.43. The zero-order valence-corrected chi connectivity index (χ0v) is 14.9. The van der Waals surface area contributed by atoms with Crippen molar-refractivity contribution in [1.82, 2.24) is 10.6 Å². The molecule has 1 aliphatic heterocycles. The van der Waals surface area contributed by atoms with Gasteiger partial charge in [0.05, 0.1) is 0 Å². The molecular weight excluding hydrogens is 348 g/mol. The van der Waals surface area contributed by atoms with Crippen molar-refractivity contribution in [3.05, 3.63) is 48.0 Å². The number of carbonyl (C=O) groups excluding carboxylic acids is 2. The van der Waals surface area contributed by atoms with Crippen LogP contribution in [-0.4, -0.2) is 48.2 Å². The molecule has 1 saturated heterocycles. The van der Waals surface area contributed by atoms with Crippen molar-refractivity contribution in [2.45, 2.75) is 24.8 Å². The molecule has 3 rings (SSSR count). The number of fused-ring (bicyclic) bond motifs is 1. The van der Waals surface area contributed by atoms with Gasteiger partial charge in [-0.3, -0.25) is 9.59 Å². The van der Waals surface area contributed by atoms with Gasteiger partial charge >= 0.3 is 5.97 Å². The van der Waals surface area contributed by atoms with Gasteiger partial charge in [0.25, 0.3) is 5.91 Å². The van der Waals surface area contributed by atoms with Gasteiger partial charge in [-0.2, -0.15) is 0 Å². The maximum atomic E-state index is 12.3. The molecule has 0 unspecified atom stereocenters. The van der Waals surface area contributed by atoms with Gasteiger partial charge < -0.3 is 20.5 Å². The Morgan fingerprint density at radius 3 is 2.44 bits per heavy atom. The molecule has 2 aromatic carbocycles. The van der Waals surface area contributed by atoms with E-state index >= 15 is 0 Å². The highest BCUT2D eigenvalue weighted by Gasteiger charge is 2.41. The molecule has 0 radical (unpaired) electrons. The maximum absolute atomic E-state index is 12.3. The Kier molecular flexibility index (Phi) is 5.71. The number of nitrogens with one attached hydrogen (secondary N) is 2. The summed E-state index contributed by atoms with van der Waals surface area (Å²) in [5.74, 6) is -1.73. The van der Waals surface area contributed by atoms with Gasteiger partial charge in [-0.05, 0) is 22.9 Å². The molecule has 0 aliphatic carbocycles. The van der Waals surface area contributed by atoms with Crippen LogP contribution >= 0.6 is 0 Å². The predicted octanol–water partition coefficient (Wildman–Crippen LogP) is 1.71. The molecule has 0 atom stereocenters. The third-order valence-corrected chi connectivity index (χ3v) is 4.78. The lowest BCUT2D eigenvalue weighted by Crippen LogP contribution is -2.57. The number of hydrogen-bond acceptors (Lipinski definition) is 4. The first-order valence-corrected chi connectivity index (χ1v) is 8.89. The lowest BCUT2D eigenvalue weighted by Gasteiger charge is -2.33. The average Bonchev–Trinajstić information content (AvgIpc) is 2.68. The number of amides is 2. The van der Waals surface area contributed by atoms with Gasteiger partial charge in [0.15, 0.2) is 0 Å². The van der Waals surface area contributed by atoms with E-state index in [0.717, 1.165) is 10.8 Å². The summed E-state index contributed by atoms with van der Waals surface area (Å²) in [6, 6.07) is 13.1. The second kappa shape index (κ2) is 8.18. The first-order chi connectivity index (χ1) is 13.0. The highest BCUT2D eigenvalue weighted by atomic mass is 16.5. The normalized spacial score (nSPS) is 15.9. The number of aliphatic carboxylic acids is 1. The van der Waals surface area contributed by atoms with Crippen LogP contribution in [0.3, 0.4) is 0 Å². The second-order valence-corrected chi connectivity index (χ2v) is 6.62. The number of rotatable bonds is 6. The molecule has 1 fully saturated rings. The molecule has 0 saturated carbocycles. The molecule has 2 amide bonds. The fourth-order valence-corrected chi connectivity index (χ4v) is 3.16. The van der Waals surface area contributed by atoms with Crippen LogP contribution in [0.1, 0.15) is 29.6 Å². The van der Waals surface area contributed by atoms with Crippen molar-refractivity contribution in [3.8, 4) is 0 Å². The van der Waals surface area contributed by atoms with E-state index in [1.165, 1.54) is 0 Å². The highest BCUT2D eigenvalue weighted by molar-refractivity contribution is 5.98. The van der Waals surface area contributed by atoms with E-state index in [9.17, 15) is 19.5 Å². The van der Waals surface area contributed by atoms with Gasteiger partial charge in [-0.15, -0.1) is 0 Å². The minimum atomic E-state index is -1.28. The summed E-state index contributed by atoms with van der Waals surface area (Å²) >= 11 is 0. The monoisotopic (exact) mass is 370 g/mol. The number of ether oxygens (including phenoxy) is 1. The predicted molar refractivity (Wildman–Crippen MR) is 99.5 cm³/mol. The zero-order valence-electron chi connectivity index (χ0n) is 14.9. The van der Waals surface area contributed by atoms with Gasteiger partial charge in [0.2, 0.25) is 5.91 Å². The summed E-state index contributed by atoms with van der Waals surface area (Å²) in [5, 5.41) is 16.8. The summed E-state index contributed by atoms with van der Waals surface area (Å²) in [4.78, 5) is 36.0. The molecule has 2 aromatic rings. The molecule has 1 heterocycles. The smallest absolute Gasteiger partial charge is 0.329 e. The van der Waals surface area contributed by atoms with Crippen LogP contribution in [0, 0.1) is 0 Å². The summed E-state index contributed by atoms with van der Waals surface area (Å²) in [5.41, 5.74) is -0.766. The SMILES string of the molecule is O=C(CCNC(=O)c1ccc2ccccc2c1)NC1(C(=O)O)CCOCC1. The van der Waals surface area contributed by atoms with E-state index in [1.807, 2.05) is 30.3 Å². The van der Waals surface area contributed by atoms with E-state index in [-0.39, 0.29) is 31.7 Å². The van der Waals surface area contributed by atoms with Crippen molar-refractivity contribution in [1.29, 1.82) is 0 Å². The van der Waals surface area contributed by atoms with E-state index in [2.05, 4.69) is 10.6 Å². The first kappa shape index (κ1) is 18.8. The number of carboxylic acid groups (broad SMARTS) is 1. The fraction of sp³-hybridized carbons (Fsp3) is 0.350. The minimum absolute atomic E-state index is 0.00914. The number of carbonyl (C=O) groups is 3. The van der Waals surface area contributed by atoms with Gasteiger partial charge in [-0.1, -0.05) is 30.3 Å². The third-order valence-electron chi connectivity index (χ3n) is 4.78. The number of carboxylic acids is 1. The van der Waals surface area contributed by atoms with Crippen molar-refractivity contribution in [2.24, 2.45) is 0 Å². The van der Waals surface area contributed by atoms with Crippen LogP contribution in [0.25, 0.3) is 10.8 Å². The van der Waals surface area contributed by atoms with Gasteiger partial charge in [0, 0.05) is 44.6 Å². The van der Waals surface area contributed by atoms with Crippen LogP contribution in [0.4, 0.5) is 0 Å². The Labute approximate surface area is 156 Å². The van der Waals surface area contributed by atoms with Crippen LogP contribution in [0.2, 0.25) is 0 Å². The van der Waals surface area contributed by atoms with E-state index < -0.39 is 17.4 Å². The summed E-state index contributed by atoms with van der Waals surface area (Å²) in [6.45, 7) is 0.722. The van der Waals surface area contributed by atoms with E-state index in [4.69, 9.17) is 4.74 Å². The van der Waals surface area contributed by atoms with Crippen molar-refractivity contribution < 1.29 is 24.2 Å². The Hall–Kier alpha value is -2.93. The molecular formula is C20H22N2O5. The molecule has 0 bridgehead atoms. The van der Waals surface area contributed by atoms with Crippen molar-refractivity contribution in [2.75, 3.05) is 19.8 Å². The molecule has 142 valence electrons. The minimum Gasteiger partial charge on any atom is -0.480 e. The first-order valence-electron chi connectivity index (χ1n) is 8.89. The summed E-state index contributed by atoms with van der Waals surface area (Å²) in [7, 11) is 0. The van der Waals surface area contributed by atoms with Crippen LogP contribution in [0.15, 0.2) is 42.5 Å². The second-order valence-electron chi connectivity index (χ2n) is 6.62. The molecule has 1 aliphatic rings. The Morgan fingerprint density at radius 2 is 1.74 bits per heavy atom. The van der Waals surface area contributed by atoms with E-state index in [0.29, 0.717) is 18.8 Å². The maximum Gasteiger partial charge on any atom is 0.329 e. The largest absolute Gasteiger partial charge is 0.480 e. The highest BCUT2D eigenvalue weighted by Crippen LogP contribution is 2.21. The zero-order chi connectivity index (χ0) is 19.3. The molecule has 0 spiro atoms. The quantitative estimate of drug-likeness (QED) is 0.718. The van der Waals surface area contributed by atoms with Crippen LogP contribution < -0.4 is 10.6 Å². The summed E-state index contributed by atoms with van der Waals surface area (Å²) in [6.07, 6.45) is 0.476. The summed E-state index contributed by atoms with van der Waals surface area (Å²) < 4.78 is 5.18. The number of hydrogen-bond donors (Lipinski definition) is 3. The topological polar surface area (TPSA) is 105 Å².